The van der Waals surface area contributed by atoms with Gasteiger partial charge < -0.3 is 10.2 Å². The zero-order chi connectivity index (χ0) is 10.6. The predicted octanol–water partition coefficient (Wildman–Crippen LogP) is -0.908. The largest absolute Gasteiger partial charge is 0.465 e. The molecule has 0 bridgehead atoms. The summed E-state index contributed by atoms with van der Waals surface area (Å²) in [5.41, 5.74) is -1.58. The van der Waals surface area contributed by atoms with E-state index in [1.165, 1.54) is 25.9 Å². The molecule has 0 aliphatic carbocycles. The molecule has 0 radical (unpaired) electrons. The van der Waals surface area contributed by atoms with Crippen molar-refractivity contribution in [2.24, 2.45) is 0 Å². The predicted molar refractivity (Wildman–Crippen MR) is 45.3 cm³/mol. The van der Waals surface area contributed by atoms with Crippen LogP contribution >= 0.6 is 0 Å². The Hall–Kier alpha value is -1.14. The fourth-order valence-corrected chi connectivity index (χ4v) is 0.995. The molecule has 0 saturated heterocycles. The Morgan fingerprint density at radius 3 is 2.15 bits per heavy atom. The van der Waals surface area contributed by atoms with Gasteiger partial charge in [0.15, 0.2) is 11.9 Å². The van der Waals surface area contributed by atoms with Crippen LogP contribution < -0.4 is 5.32 Å². The van der Waals surface area contributed by atoms with Crippen molar-refractivity contribution in [3.63, 3.8) is 0 Å². The molecule has 0 aliphatic rings. The number of aldehydes is 1. The second-order valence-corrected chi connectivity index (χ2v) is 2.94. The first-order valence-electron chi connectivity index (χ1n) is 3.69. The van der Waals surface area contributed by atoms with Gasteiger partial charge in [-0.25, -0.2) is 4.79 Å². The summed E-state index contributed by atoms with van der Waals surface area (Å²) in [6.45, 7) is 1.34. The van der Waals surface area contributed by atoms with E-state index in [0.717, 1.165) is 0 Å². The fraction of sp³-hybridized carbons (Fsp3) is 0.714. The van der Waals surface area contributed by atoms with Crippen LogP contribution in [-0.4, -0.2) is 53.4 Å². The zero-order valence-corrected chi connectivity index (χ0v) is 7.81. The third kappa shape index (κ3) is 2.40. The van der Waals surface area contributed by atoms with Crippen LogP contribution in [0.5, 0.6) is 0 Å². The number of rotatable bonds is 4. The number of aliphatic hydroxyl groups is 1. The van der Waals surface area contributed by atoms with Crippen LogP contribution in [0, 0.1) is 0 Å². The highest BCUT2D eigenvalue weighted by Crippen LogP contribution is 2.10. The van der Waals surface area contributed by atoms with E-state index < -0.39 is 17.9 Å². The fourth-order valence-electron chi connectivity index (χ4n) is 0.995. The van der Waals surface area contributed by atoms with Crippen LogP contribution in [0.25, 0.3) is 0 Å². The van der Waals surface area contributed by atoms with Gasteiger partial charge in [0.2, 0.25) is 0 Å². The molecular formula is C7H14N2O4. The van der Waals surface area contributed by atoms with Crippen LogP contribution in [0.1, 0.15) is 6.92 Å². The summed E-state index contributed by atoms with van der Waals surface area (Å²) in [7, 11) is 2.99. The highest BCUT2D eigenvalue weighted by atomic mass is 16.4. The lowest BCUT2D eigenvalue weighted by Gasteiger charge is -2.36. The van der Waals surface area contributed by atoms with Crippen molar-refractivity contribution in [3.05, 3.63) is 0 Å². The molecule has 3 N–H and O–H groups in total. The van der Waals surface area contributed by atoms with Gasteiger partial charge in [0.25, 0.3) is 0 Å². The average molecular weight is 190 g/mol. The van der Waals surface area contributed by atoms with Gasteiger partial charge in [-0.2, -0.15) is 0 Å². The maximum absolute atomic E-state index is 10.7. The van der Waals surface area contributed by atoms with Crippen molar-refractivity contribution in [1.29, 1.82) is 0 Å². The quantitative estimate of drug-likeness (QED) is 0.394. The number of carbonyl (C=O) groups excluding carboxylic acids is 1. The minimum absolute atomic E-state index is 0.367. The molecule has 0 aromatic heterocycles. The van der Waals surface area contributed by atoms with E-state index in [1.807, 2.05) is 5.32 Å². The third-order valence-corrected chi connectivity index (χ3v) is 1.86. The molecule has 6 heteroatoms. The summed E-state index contributed by atoms with van der Waals surface area (Å²) in [4.78, 5) is 22.4. The first kappa shape index (κ1) is 11.9. The van der Waals surface area contributed by atoms with Gasteiger partial charge in [-0.3, -0.25) is 15.0 Å². The van der Waals surface area contributed by atoms with E-state index in [2.05, 4.69) is 0 Å². The third-order valence-electron chi connectivity index (χ3n) is 1.86. The Labute approximate surface area is 76.2 Å². The van der Waals surface area contributed by atoms with E-state index in [-0.39, 0.29) is 0 Å². The monoisotopic (exact) mass is 190 g/mol. The number of aliphatic hydroxyl groups excluding tert-OH is 1. The Bertz CT molecular complexity index is 195. The van der Waals surface area contributed by atoms with Gasteiger partial charge in [-0.15, -0.1) is 0 Å². The van der Waals surface area contributed by atoms with Gasteiger partial charge in [0.05, 0.1) is 6.10 Å². The highest BCUT2D eigenvalue weighted by Gasteiger charge is 2.39. The lowest BCUT2D eigenvalue weighted by molar-refractivity contribution is -0.126. The van der Waals surface area contributed by atoms with E-state index in [9.17, 15) is 14.7 Å². The lowest BCUT2D eigenvalue weighted by Crippen LogP contribution is -2.65. The van der Waals surface area contributed by atoms with Gasteiger partial charge in [-0.05, 0) is 21.0 Å². The summed E-state index contributed by atoms with van der Waals surface area (Å²) in [6.07, 6.45) is -2.12. The summed E-state index contributed by atoms with van der Waals surface area (Å²) >= 11 is 0. The standard InChI is InChI=1S/C7H14N2O4/c1-5(11)7(4-10,9(2)3)8-6(12)13/h4-5,8,11H,1-3H3,(H,12,13)/t5-,7+/m1/s1. The van der Waals surface area contributed by atoms with Crippen molar-refractivity contribution in [2.45, 2.75) is 18.7 Å². The second-order valence-electron chi connectivity index (χ2n) is 2.94. The number of nitrogens with one attached hydrogen (secondary N) is 1. The Kier molecular flexibility index (Phi) is 3.83. The summed E-state index contributed by atoms with van der Waals surface area (Å²) in [5.74, 6) is 0. The van der Waals surface area contributed by atoms with Crippen molar-refractivity contribution in [3.8, 4) is 0 Å². The molecule has 1 amide bonds. The summed E-state index contributed by atoms with van der Waals surface area (Å²) in [5, 5.41) is 19.7. The molecule has 2 atom stereocenters. The smallest absolute Gasteiger partial charge is 0.406 e. The highest BCUT2D eigenvalue weighted by molar-refractivity contribution is 5.75. The zero-order valence-electron chi connectivity index (χ0n) is 7.81. The molecule has 0 unspecified atom stereocenters. The molecule has 0 heterocycles. The normalized spacial score (nSPS) is 17.6. The van der Waals surface area contributed by atoms with Crippen molar-refractivity contribution in [1.82, 2.24) is 10.2 Å². The molecule has 0 rings (SSSR count). The van der Waals surface area contributed by atoms with Gasteiger partial charge in [0, 0.05) is 0 Å². The van der Waals surface area contributed by atoms with E-state index in [1.54, 1.807) is 0 Å². The molecule has 0 saturated carbocycles. The number of amides is 1. The van der Waals surface area contributed by atoms with Crippen molar-refractivity contribution >= 4 is 12.4 Å². The number of hydrogen-bond acceptors (Lipinski definition) is 4. The number of carboxylic acid groups (broad SMARTS) is 1. The molecule has 13 heavy (non-hydrogen) atoms. The summed E-state index contributed by atoms with van der Waals surface area (Å²) in [6, 6.07) is 0. The SMILES string of the molecule is C[C@@H](O)[C@@](C=O)(NC(=O)O)N(C)C. The van der Waals surface area contributed by atoms with Gasteiger partial charge >= 0.3 is 6.09 Å². The van der Waals surface area contributed by atoms with Crippen LogP contribution in [0.2, 0.25) is 0 Å². The number of likely N-dealkylation sites (N-methyl/N-ethyl adjacent to an activating group) is 1. The minimum Gasteiger partial charge on any atom is -0.465 e. The lowest BCUT2D eigenvalue weighted by atomic mass is 10.1. The topological polar surface area (TPSA) is 89.9 Å². The minimum atomic E-state index is -1.58. The average Bonchev–Trinajstić information content (AvgIpc) is 1.98. The molecule has 0 aliphatic heterocycles. The van der Waals surface area contributed by atoms with Crippen molar-refractivity contribution < 1.29 is 19.8 Å². The molecule has 76 valence electrons. The van der Waals surface area contributed by atoms with Crippen LogP contribution in [-0.2, 0) is 4.79 Å². The number of hydrogen-bond donors (Lipinski definition) is 3. The maximum atomic E-state index is 10.7. The van der Waals surface area contributed by atoms with Crippen LogP contribution in [0.3, 0.4) is 0 Å². The Morgan fingerprint density at radius 2 is 2.08 bits per heavy atom. The first-order valence-corrected chi connectivity index (χ1v) is 3.69. The van der Waals surface area contributed by atoms with E-state index in [0.29, 0.717) is 6.29 Å². The molecule has 0 fully saturated rings. The number of carbonyl (C=O) groups is 2. The molecule has 6 nitrogen and oxygen atoms in total. The summed E-state index contributed by atoms with van der Waals surface area (Å²) < 4.78 is 0. The van der Waals surface area contributed by atoms with Gasteiger partial charge in [-0.1, -0.05) is 0 Å². The van der Waals surface area contributed by atoms with E-state index >= 15 is 0 Å². The Morgan fingerprint density at radius 1 is 1.62 bits per heavy atom. The molecular weight excluding hydrogens is 176 g/mol. The maximum Gasteiger partial charge on any atom is 0.406 e. The second kappa shape index (κ2) is 4.20. The molecule has 0 aromatic rings. The number of nitrogens with zero attached hydrogens (tertiary/aromatic N) is 1. The van der Waals surface area contributed by atoms with E-state index in [4.69, 9.17) is 5.11 Å². The van der Waals surface area contributed by atoms with Crippen LogP contribution in [0.4, 0.5) is 4.79 Å². The molecule has 0 aromatic carbocycles. The Balaban J connectivity index is 4.86. The van der Waals surface area contributed by atoms with Crippen molar-refractivity contribution in [2.75, 3.05) is 14.1 Å². The molecule has 0 spiro atoms. The first-order chi connectivity index (χ1) is 5.86. The van der Waals surface area contributed by atoms with Crippen LogP contribution in [0.15, 0.2) is 0 Å². The van der Waals surface area contributed by atoms with Gasteiger partial charge in [0.1, 0.15) is 0 Å².